The first-order valence-corrected chi connectivity index (χ1v) is 6.82. The smallest absolute Gasteiger partial charge is 0.217 e. The first kappa shape index (κ1) is 10.4. The number of hydrogen-bond acceptors (Lipinski definition) is 3. The SMILES string of the molecule is CNC[C@@H]1CCCN1S(=O)(=O)C1CC1. The van der Waals surface area contributed by atoms with Gasteiger partial charge in [-0.1, -0.05) is 0 Å². The molecule has 1 N–H and O–H groups in total. The second-order valence-corrected chi connectivity index (χ2v) is 6.37. The van der Waals surface area contributed by atoms with Gasteiger partial charge < -0.3 is 5.32 Å². The molecule has 0 amide bonds. The number of rotatable bonds is 4. The lowest BCUT2D eigenvalue weighted by molar-refractivity contribution is 0.378. The molecule has 0 unspecified atom stereocenters. The third-order valence-corrected chi connectivity index (χ3v) is 5.48. The van der Waals surface area contributed by atoms with Crippen molar-refractivity contribution in [1.29, 1.82) is 0 Å². The van der Waals surface area contributed by atoms with Crippen LogP contribution in [-0.2, 0) is 10.0 Å². The van der Waals surface area contributed by atoms with Crippen LogP contribution in [0.25, 0.3) is 0 Å². The number of nitrogens with one attached hydrogen (secondary N) is 1. The lowest BCUT2D eigenvalue weighted by Gasteiger charge is -2.23. The summed E-state index contributed by atoms with van der Waals surface area (Å²) in [5.74, 6) is 0. The quantitative estimate of drug-likeness (QED) is 0.731. The Morgan fingerprint density at radius 2 is 2.07 bits per heavy atom. The standard InChI is InChI=1S/C9H18N2O2S/c1-10-7-8-3-2-6-11(8)14(12,13)9-4-5-9/h8-10H,2-7H2,1H3/t8-/m0/s1. The zero-order valence-corrected chi connectivity index (χ0v) is 9.39. The van der Waals surface area contributed by atoms with Crippen molar-refractivity contribution >= 4 is 10.0 Å². The van der Waals surface area contributed by atoms with Gasteiger partial charge in [-0.25, -0.2) is 8.42 Å². The van der Waals surface area contributed by atoms with Crippen LogP contribution in [0.15, 0.2) is 0 Å². The molecule has 4 nitrogen and oxygen atoms in total. The van der Waals surface area contributed by atoms with E-state index >= 15 is 0 Å². The lowest BCUT2D eigenvalue weighted by atomic mass is 10.2. The summed E-state index contributed by atoms with van der Waals surface area (Å²) in [6.07, 6.45) is 3.75. The number of likely N-dealkylation sites (N-methyl/N-ethyl adjacent to an activating group) is 1. The molecule has 0 bridgehead atoms. The Morgan fingerprint density at radius 1 is 1.36 bits per heavy atom. The molecule has 1 heterocycles. The fourth-order valence-corrected chi connectivity index (χ4v) is 4.24. The molecular weight excluding hydrogens is 200 g/mol. The van der Waals surface area contributed by atoms with Crippen LogP contribution in [0.3, 0.4) is 0 Å². The maximum Gasteiger partial charge on any atom is 0.217 e. The minimum absolute atomic E-state index is 0.0556. The van der Waals surface area contributed by atoms with Crippen molar-refractivity contribution in [3.05, 3.63) is 0 Å². The van der Waals surface area contributed by atoms with E-state index in [1.165, 1.54) is 0 Å². The van der Waals surface area contributed by atoms with Gasteiger partial charge in [0.25, 0.3) is 0 Å². The minimum atomic E-state index is -2.94. The Hall–Kier alpha value is -0.130. The molecular formula is C9H18N2O2S. The fourth-order valence-electron chi connectivity index (χ4n) is 2.14. The molecule has 0 radical (unpaired) electrons. The Labute approximate surface area is 85.7 Å². The largest absolute Gasteiger partial charge is 0.318 e. The minimum Gasteiger partial charge on any atom is -0.318 e. The van der Waals surface area contributed by atoms with E-state index in [1.54, 1.807) is 4.31 Å². The van der Waals surface area contributed by atoms with Crippen LogP contribution in [0.1, 0.15) is 25.7 Å². The monoisotopic (exact) mass is 218 g/mol. The van der Waals surface area contributed by atoms with Crippen LogP contribution in [0.2, 0.25) is 0 Å². The lowest BCUT2D eigenvalue weighted by Crippen LogP contribution is -2.42. The average Bonchev–Trinajstić information content (AvgIpc) is 2.88. The number of hydrogen-bond donors (Lipinski definition) is 1. The van der Waals surface area contributed by atoms with Gasteiger partial charge in [0.05, 0.1) is 5.25 Å². The molecule has 82 valence electrons. The van der Waals surface area contributed by atoms with Crippen molar-refractivity contribution in [3.63, 3.8) is 0 Å². The maximum atomic E-state index is 12.0. The Kier molecular flexibility index (Phi) is 2.81. The van der Waals surface area contributed by atoms with Gasteiger partial charge in [0.2, 0.25) is 10.0 Å². The van der Waals surface area contributed by atoms with E-state index in [0.29, 0.717) is 0 Å². The molecule has 1 aliphatic heterocycles. The van der Waals surface area contributed by atoms with Crippen molar-refractivity contribution in [1.82, 2.24) is 9.62 Å². The highest BCUT2D eigenvalue weighted by molar-refractivity contribution is 7.90. The van der Waals surface area contributed by atoms with Gasteiger partial charge in [-0.05, 0) is 32.7 Å². The van der Waals surface area contributed by atoms with E-state index < -0.39 is 10.0 Å². The molecule has 0 spiro atoms. The van der Waals surface area contributed by atoms with E-state index in [0.717, 1.165) is 38.8 Å². The van der Waals surface area contributed by atoms with Crippen LogP contribution in [0.5, 0.6) is 0 Å². The molecule has 1 aliphatic carbocycles. The normalized spacial score (nSPS) is 29.6. The summed E-state index contributed by atoms with van der Waals surface area (Å²) in [7, 11) is -1.07. The van der Waals surface area contributed by atoms with Gasteiger partial charge in [-0.15, -0.1) is 0 Å². The molecule has 1 atom stereocenters. The molecule has 14 heavy (non-hydrogen) atoms. The van der Waals surface area contributed by atoms with Crippen molar-refractivity contribution in [3.8, 4) is 0 Å². The van der Waals surface area contributed by atoms with E-state index in [4.69, 9.17) is 0 Å². The van der Waals surface area contributed by atoms with E-state index in [9.17, 15) is 8.42 Å². The third-order valence-electron chi connectivity index (χ3n) is 3.04. The summed E-state index contributed by atoms with van der Waals surface area (Å²) in [4.78, 5) is 0. The van der Waals surface area contributed by atoms with Crippen LogP contribution >= 0.6 is 0 Å². The molecule has 5 heteroatoms. The number of sulfonamides is 1. The summed E-state index contributed by atoms with van der Waals surface area (Å²) in [5.41, 5.74) is 0. The zero-order chi connectivity index (χ0) is 10.2. The van der Waals surface area contributed by atoms with Crippen LogP contribution in [-0.4, -0.2) is 44.2 Å². The zero-order valence-electron chi connectivity index (χ0n) is 8.57. The summed E-state index contributed by atoms with van der Waals surface area (Å²) in [5, 5.41) is 3.01. The predicted molar refractivity (Wildman–Crippen MR) is 55.6 cm³/mol. The highest BCUT2D eigenvalue weighted by Gasteiger charge is 2.43. The second-order valence-electron chi connectivity index (χ2n) is 4.21. The van der Waals surface area contributed by atoms with E-state index in [-0.39, 0.29) is 11.3 Å². The van der Waals surface area contributed by atoms with Gasteiger partial charge in [-0.2, -0.15) is 4.31 Å². The first-order valence-electron chi connectivity index (χ1n) is 5.31. The fraction of sp³-hybridized carbons (Fsp3) is 1.00. The first-order chi connectivity index (χ1) is 6.66. The Morgan fingerprint density at radius 3 is 2.64 bits per heavy atom. The molecule has 2 rings (SSSR count). The summed E-state index contributed by atoms with van der Waals surface area (Å²) < 4.78 is 25.7. The molecule has 1 saturated heterocycles. The average molecular weight is 218 g/mol. The molecule has 2 aliphatic rings. The van der Waals surface area contributed by atoms with E-state index in [1.807, 2.05) is 7.05 Å². The van der Waals surface area contributed by atoms with Crippen molar-refractivity contribution in [2.45, 2.75) is 37.0 Å². The predicted octanol–water partition coefficient (Wildman–Crippen LogP) is 0.162. The van der Waals surface area contributed by atoms with Gasteiger partial charge >= 0.3 is 0 Å². The molecule has 0 aromatic carbocycles. The van der Waals surface area contributed by atoms with Gasteiger partial charge in [0.1, 0.15) is 0 Å². The van der Waals surface area contributed by atoms with Crippen LogP contribution in [0.4, 0.5) is 0 Å². The summed E-state index contributed by atoms with van der Waals surface area (Å²) >= 11 is 0. The molecule has 1 saturated carbocycles. The van der Waals surface area contributed by atoms with Crippen LogP contribution < -0.4 is 5.32 Å². The highest BCUT2D eigenvalue weighted by Crippen LogP contribution is 2.34. The topological polar surface area (TPSA) is 49.4 Å². The van der Waals surface area contributed by atoms with Crippen molar-refractivity contribution in [2.24, 2.45) is 0 Å². The molecule has 0 aromatic heterocycles. The summed E-state index contributed by atoms with van der Waals surface area (Å²) in [6, 6.07) is 0.200. The summed E-state index contributed by atoms with van der Waals surface area (Å²) in [6.45, 7) is 1.51. The van der Waals surface area contributed by atoms with Crippen molar-refractivity contribution in [2.75, 3.05) is 20.1 Å². The molecule has 0 aromatic rings. The third kappa shape index (κ3) is 1.81. The van der Waals surface area contributed by atoms with Gasteiger partial charge in [0.15, 0.2) is 0 Å². The van der Waals surface area contributed by atoms with Crippen molar-refractivity contribution < 1.29 is 8.42 Å². The van der Waals surface area contributed by atoms with Gasteiger partial charge in [-0.3, -0.25) is 0 Å². The number of nitrogens with zero attached hydrogens (tertiary/aromatic N) is 1. The maximum absolute atomic E-state index is 12.0. The Bertz CT molecular complexity index is 298. The molecule has 2 fully saturated rings. The second kappa shape index (κ2) is 3.79. The Balaban J connectivity index is 2.08. The van der Waals surface area contributed by atoms with Gasteiger partial charge in [0, 0.05) is 19.1 Å². The highest BCUT2D eigenvalue weighted by atomic mass is 32.2. The van der Waals surface area contributed by atoms with E-state index in [2.05, 4.69) is 5.32 Å². The van der Waals surface area contributed by atoms with Crippen LogP contribution in [0, 0.1) is 0 Å².